The number of benzene rings is 2. The minimum atomic E-state index is -3.34. The first-order chi connectivity index (χ1) is 13.9. The average Bonchev–Trinajstić information content (AvgIpc) is 3.15. The van der Waals surface area contributed by atoms with E-state index >= 15 is 0 Å². The summed E-state index contributed by atoms with van der Waals surface area (Å²) in [6, 6.07) is 12.3. The maximum Gasteiger partial charge on any atom is 0.232 e. The molecular weight excluding hydrogens is 388 g/mol. The van der Waals surface area contributed by atoms with Gasteiger partial charge in [0, 0.05) is 29.8 Å². The molecule has 29 heavy (non-hydrogen) atoms. The van der Waals surface area contributed by atoms with Crippen molar-refractivity contribution in [3.63, 3.8) is 0 Å². The summed E-state index contributed by atoms with van der Waals surface area (Å²) in [5.41, 5.74) is 4.23. The lowest BCUT2D eigenvalue weighted by Crippen LogP contribution is -2.16. The topological polar surface area (TPSA) is 92.3 Å². The van der Waals surface area contributed by atoms with Gasteiger partial charge in [-0.25, -0.2) is 8.42 Å². The third-order valence-corrected chi connectivity index (χ3v) is 6.41. The van der Waals surface area contributed by atoms with E-state index in [1.807, 2.05) is 18.2 Å². The molecule has 0 radical (unpaired) electrons. The number of sulfonamides is 1. The number of amides is 1. The van der Waals surface area contributed by atoms with Crippen molar-refractivity contribution in [3.05, 3.63) is 59.2 Å². The molecular formula is C22H26N2O4S. The summed E-state index contributed by atoms with van der Waals surface area (Å²) in [5.74, 6) is -0.224. The van der Waals surface area contributed by atoms with Crippen molar-refractivity contribution in [2.75, 3.05) is 15.8 Å². The molecule has 0 saturated heterocycles. The largest absolute Gasteiger partial charge is 0.326 e. The van der Waals surface area contributed by atoms with Crippen LogP contribution in [0.15, 0.2) is 42.5 Å². The number of ketones is 1. The highest BCUT2D eigenvalue weighted by Crippen LogP contribution is 2.23. The predicted molar refractivity (Wildman–Crippen MR) is 115 cm³/mol. The Morgan fingerprint density at radius 1 is 0.931 bits per heavy atom. The van der Waals surface area contributed by atoms with Crippen LogP contribution in [0, 0.1) is 0 Å². The number of rotatable bonds is 9. The first-order valence-corrected chi connectivity index (χ1v) is 11.6. The number of carbonyl (C=O) groups is 2. The summed E-state index contributed by atoms with van der Waals surface area (Å²) in [4.78, 5) is 24.5. The van der Waals surface area contributed by atoms with E-state index < -0.39 is 10.0 Å². The fourth-order valence-electron chi connectivity index (χ4n) is 3.46. The summed E-state index contributed by atoms with van der Waals surface area (Å²) < 4.78 is 26.0. The standard InChI is InChI=1S/C22H26N2O4S/c1-2-14-29(27,28)24-20-10-8-19(9-11-20)23-22(26)13-12-21(25)18-7-6-16-4-3-5-17(16)15-18/h6-11,15,24H,2-5,12-14H2,1H3,(H,23,26). The smallest absolute Gasteiger partial charge is 0.232 e. The van der Waals surface area contributed by atoms with Gasteiger partial charge in [0.25, 0.3) is 0 Å². The van der Waals surface area contributed by atoms with E-state index in [2.05, 4.69) is 10.0 Å². The van der Waals surface area contributed by atoms with Crippen LogP contribution in [0.2, 0.25) is 0 Å². The molecule has 7 heteroatoms. The van der Waals surface area contributed by atoms with E-state index in [1.165, 1.54) is 11.1 Å². The van der Waals surface area contributed by atoms with E-state index in [0.717, 1.165) is 19.3 Å². The lowest BCUT2D eigenvalue weighted by atomic mass is 10.0. The number of aryl methyl sites for hydroxylation is 2. The van der Waals surface area contributed by atoms with Gasteiger partial charge < -0.3 is 5.32 Å². The molecule has 0 heterocycles. The predicted octanol–water partition coefficient (Wildman–Crippen LogP) is 3.93. The second kappa shape index (κ2) is 9.22. The van der Waals surface area contributed by atoms with Gasteiger partial charge in [0.1, 0.15) is 0 Å². The molecule has 1 amide bonds. The third kappa shape index (κ3) is 5.90. The van der Waals surface area contributed by atoms with Crippen LogP contribution in [0.4, 0.5) is 11.4 Å². The number of carbonyl (C=O) groups excluding carboxylic acids is 2. The molecule has 2 aromatic rings. The molecule has 0 fully saturated rings. The van der Waals surface area contributed by atoms with Crippen molar-refractivity contribution < 1.29 is 18.0 Å². The van der Waals surface area contributed by atoms with Crippen molar-refractivity contribution in [2.45, 2.75) is 45.4 Å². The van der Waals surface area contributed by atoms with Crippen molar-refractivity contribution in [2.24, 2.45) is 0 Å². The van der Waals surface area contributed by atoms with E-state index in [9.17, 15) is 18.0 Å². The van der Waals surface area contributed by atoms with Crippen LogP contribution in [0.1, 0.15) is 54.1 Å². The molecule has 3 rings (SSSR count). The molecule has 0 saturated carbocycles. The Morgan fingerprint density at radius 2 is 1.62 bits per heavy atom. The number of hydrogen-bond donors (Lipinski definition) is 2. The monoisotopic (exact) mass is 414 g/mol. The molecule has 0 unspecified atom stereocenters. The number of anilines is 2. The summed E-state index contributed by atoms with van der Waals surface area (Å²) in [7, 11) is -3.34. The second-order valence-corrected chi connectivity index (χ2v) is 9.15. The zero-order valence-electron chi connectivity index (χ0n) is 16.5. The summed E-state index contributed by atoms with van der Waals surface area (Å²) in [6.45, 7) is 1.80. The molecule has 1 aliphatic rings. The molecule has 0 bridgehead atoms. The van der Waals surface area contributed by atoms with Gasteiger partial charge in [-0.15, -0.1) is 0 Å². The first-order valence-electron chi connectivity index (χ1n) is 9.92. The maximum absolute atomic E-state index is 12.4. The lowest BCUT2D eigenvalue weighted by Gasteiger charge is -2.09. The van der Waals surface area contributed by atoms with Gasteiger partial charge in [-0.05, 0) is 67.1 Å². The van der Waals surface area contributed by atoms with Gasteiger partial charge in [-0.1, -0.05) is 19.1 Å². The zero-order chi connectivity index (χ0) is 20.9. The van der Waals surface area contributed by atoms with Crippen LogP contribution >= 0.6 is 0 Å². The van der Waals surface area contributed by atoms with Crippen molar-refractivity contribution >= 4 is 33.1 Å². The number of Topliss-reactive ketones (excluding diaryl/α,β-unsaturated/α-hetero) is 1. The molecule has 2 N–H and O–H groups in total. The molecule has 0 atom stereocenters. The highest BCUT2D eigenvalue weighted by Gasteiger charge is 2.15. The average molecular weight is 415 g/mol. The molecule has 1 aliphatic carbocycles. The minimum absolute atomic E-state index is 0.0319. The van der Waals surface area contributed by atoms with Crippen LogP contribution in [0.25, 0.3) is 0 Å². The minimum Gasteiger partial charge on any atom is -0.326 e. The van der Waals surface area contributed by atoms with Crippen LogP contribution in [-0.4, -0.2) is 25.9 Å². The Morgan fingerprint density at radius 3 is 2.34 bits per heavy atom. The Hall–Kier alpha value is -2.67. The highest BCUT2D eigenvalue weighted by molar-refractivity contribution is 7.92. The fourth-order valence-corrected chi connectivity index (χ4v) is 4.60. The quantitative estimate of drug-likeness (QED) is 0.608. The van der Waals surface area contributed by atoms with Crippen LogP contribution in [-0.2, 0) is 27.7 Å². The van der Waals surface area contributed by atoms with Crippen LogP contribution < -0.4 is 10.0 Å². The van der Waals surface area contributed by atoms with E-state index in [-0.39, 0.29) is 30.3 Å². The number of hydrogen-bond acceptors (Lipinski definition) is 4. The first kappa shape index (κ1) is 21.0. The van der Waals surface area contributed by atoms with Gasteiger partial charge in [0.15, 0.2) is 5.78 Å². The van der Waals surface area contributed by atoms with Crippen LogP contribution in [0.5, 0.6) is 0 Å². The normalized spacial score (nSPS) is 13.0. The SMILES string of the molecule is CCCS(=O)(=O)Nc1ccc(NC(=O)CCC(=O)c2ccc3c(c2)CCC3)cc1. The molecule has 6 nitrogen and oxygen atoms in total. The highest BCUT2D eigenvalue weighted by atomic mass is 32.2. The third-order valence-electron chi connectivity index (χ3n) is 4.91. The Kier molecular flexibility index (Phi) is 6.69. The second-order valence-electron chi connectivity index (χ2n) is 7.31. The van der Waals surface area contributed by atoms with Gasteiger partial charge >= 0.3 is 0 Å². The maximum atomic E-state index is 12.4. The zero-order valence-corrected chi connectivity index (χ0v) is 17.3. The molecule has 154 valence electrons. The number of fused-ring (bicyclic) bond motifs is 1. The van der Waals surface area contributed by atoms with Crippen molar-refractivity contribution in [1.29, 1.82) is 0 Å². The van der Waals surface area contributed by atoms with Crippen LogP contribution in [0.3, 0.4) is 0 Å². The van der Waals surface area contributed by atoms with Gasteiger partial charge in [0.2, 0.25) is 15.9 Å². The summed E-state index contributed by atoms with van der Waals surface area (Å²) in [5, 5.41) is 2.74. The number of nitrogens with one attached hydrogen (secondary N) is 2. The Bertz CT molecular complexity index is 998. The summed E-state index contributed by atoms with van der Waals surface area (Å²) >= 11 is 0. The van der Waals surface area contributed by atoms with Gasteiger partial charge in [-0.2, -0.15) is 0 Å². The summed E-state index contributed by atoms with van der Waals surface area (Å²) in [6.07, 6.45) is 4.01. The lowest BCUT2D eigenvalue weighted by molar-refractivity contribution is -0.116. The van der Waals surface area contributed by atoms with E-state index in [4.69, 9.17) is 0 Å². The molecule has 2 aromatic carbocycles. The Labute approximate surface area is 171 Å². The van der Waals surface area contributed by atoms with Gasteiger partial charge in [-0.3, -0.25) is 14.3 Å². The van der Waals surface area contributed by atoms with E-state index in [0.29, 0.717) is 23.4 Å². The Balaban J connectivity index is 1.49. The molecule has 0 aromatic heterocycles. The van der Waals surface area contributed by atoms with E-state index in [1.54, 1.807) is 31.2 Å². The van der Waals surface area contributed by atoms with Crippen molar-refractivity contribution in [1.82, 2.24) is 0 Å². The van der Waals surface area contributed by atoms with Crippen molar-refractivity contribution in [3.8, 4) is 0 Å². The van der Waals surface area contributed by atoms with Gasteiger partial charge in [0.05, 0.1) is 5.75 Å². The molecule has 0 aliphatic heterocycles. The molecule has 0 spiro atoms. The fraction of sp³-hybridized carbons (Fsp3) is 0.364.